The van der Waals surface area contributed by atoms with Crippen molar-refractivity contribution in [3.05, 3.63) is 0 Å². The van der Waals surface area contributed by atoms with E-state index < -0.39 is 0 Å². The summed E-state index contributed by atoms with van der Waals surface area (Å²) in [4.78, 5) is 2.20. The number of halogens is 3. The SMILES string of the molecule is CC(C)(CF)N1CCNCC1.Cl.Cl. The highest BCUT2D eigenvalue weighted by atomic mass is 35.5. The fourth-order valence-corrected chi connectivity index (χ4v) is 1.35. The molecule has 0 saturated carbocycles. The van der Waals surface area contributed by atoms with Crippen LogP contribution in [0.15, 0.2) is 0 Å². The molecule has 0 aliphatic carbocycles. The van der Waals surface area contributed by atoms with Gasteiger partial charge in [0.1, 0.15) is 6.67 Å². The summed E-state index contributed by atoms with van der Waals surface area (Å²) in [6, 6.07) is 0. The molecule has 0 aromatic rings. The number of piperazine rings is 1. The van der Waals surface area contributed by atoms with Gasteiger partial charge in [0, 0.05) is 31.7 Å². The Hall–Kier alpha value is 0.430. The monoisotopic (exact) mass is 232 g/mol. The Bertz CT molecular complexity index is 127. The summed E-state index contributed by atoms with van der Waals surface area (Å²) in [5.41, 5.74) is -0.262. The van der Waals surface area contributed by atoms with Gasteiger partial charge in [-0.1, -0.05) is 0 Å². The van der Waals surface area contributed by atoms with E-state index in [9.17, 15) is 4.39 Å². The lowest BCUT2D eigenvalue weighted by atomic mass is 10.0. The fraction of sp³-hybridized carbons (Fsp3) is 1.00. The molecular formula is C8H19Cl2FN2. The van der Waals surface area contributed by atoms with Gasteiger partial charge < -0.3 is 5.32 Å². The number of hydrogen-bond acceptors (Lipinski definition) is 2. The van der Waals surface area contributed by atoms with Crippen molar-refractivity contribution in [3.8, 4) is 0 Å². The van der Waals surface area contributed by atoms with E-state index in [0.29, 0.717) is 0 Å². The summed E-state index contributed by atoms with van der Waals surface area (Å²) < 4.78 is 12.5. The molecule has 1 N–H and O–H groups in total. The average Bonchev–Trinajstić information content (AvgIpc) is 2.06. The highest BCUT2D eigenvalue weighted by Gasteiger charge is 2.27. The van der Waals surface area contributed by atoms with Gasteiger partial charge in [0.2, 0.25) is 0 Å². The third-order valence-electron chi connectivity index (χ3n) is 2.30. The Labute approximate surface area is 92.1 Å². The van der Waals surface area contributed by atoms with Crippen LogP contribution in [0.1, 0.15) is 13.8 Å². The molecule has 1 aliphatic heterocycles. The van der Waals surface area contributed by atoms with E-state index in [4.69, 9.17) is 0 Å². The van der Waals surface area contributed by atoms with E-state index in [0.717, 1.165) is 26.2 Å². The topological polar surface area (TPSA) is 15.3 Å². The lowest BCUT2D eigenvalue weighted by Gasteiger charge is -2.39. The van der Waals surface area contributed by atoms with Gasteiger partial charge in [0.05, 0.1) is 0 Å². The molecule has 82 valence electrons. The zero-order chi connectivity index (χ0) is 8.32. The molecule has 13 heavy (non-hydrogen) atoms. The van der Waals surface area contributed by atoms with Crippen LogP contribution < -0.4 is 5.32 Å². The predicted octanol–water partition coefficient (Wildman–Crippen LogP) is 1.48. The minimum absolute atomic E-state index is 0. The molecule has 0 radical (unpaired) electrons. The van der Waals surface area contributed by atoms with Crippen molar-refractivity contribution in [3.63, 3.8) is 0 Å². The van der Waals surface area contributed by atoms with Gasteiger partial charge in [-0.2, -0.15) is 0 Å². The van der Waals surface area contributed by atoms with E-state index in [-0.39, 0.29) is 37.0 Å². The van der Waals surface area contributed by atoms with E-state index in [2.05, 4.69) is 10.2 Å². The van der Waals surface area contributed by atoms with Gasteiger partial charge in [0.15, 0.2) is 0 Å². The maximum Gasteiger partial charge on any atom is 0.107 e. The second-order valence-electron chi connectivity index (χ2n) is 3.68. The molecule has 2 nitrogen and oxygen atoms in total. The molecule has 0 atom stereocenters. The van der Waals surface area contributed by atoms with Crippen LogP contribution in [0.25, 0.3) is 0 Å². The fourth-order valence-electron chi connectivity index (χ4n) is 1.35. The summed E-state index contributed by atoms with van der Waals surface area (Å²) in [6.45, 7) is 7.57. The summed E-state index contributed by atoms with van der Waals surface area (Å²) in [7, 11) is 0. The second-order valence-corrected chi connectivity index (χ2v) is 3.68. The van der Waals surface area contributed by atoms with Crippen molar-refractivity contribution < 1.29 is 4.39 Å². The minimum atomic E-state index is -0.262. The third kappa shape index (κ3) is 4.45. The second kappa shape index (κ2) is 6.82. The van der Waals surface area contributed by atoms with Crippen LogP contribution in [0.4, 0.5) is 4.39 Å². The molecule has 0 bridgehead atoms. The Balaban J connectivity index is 0. The molecule has 1 fully saturated rings. The summed E-state index contributed by atoms with van der Waals surface area (Å²) >= 11 is 0. The molecule has 1 rings (SSSR count). The Morgan fingerprint density at radius 1 is 1.23 bits per heavy atom. The first-order chi connectivity index (χ1) is 5.17. The minimum Gasteiger partial charge on any atom is -0.314 e. The molecule has 0 spiro atoms. The molecule has 1 aliphatic rings. The van der Waals surface area contributed by atoms with Gasteiger partial charge >= 0.3 is 0 Å². The highest BCUT2D eigenvalue weighted by Crippen LogP contribution is 2.14. The predicted molar refractivity (Wildman–Crippen MR) is 59.0 cm³/mol. The first-order valence-electron chi connectivity index (χ1n) is 4.18. The van der Waals surface area contributed by atoms with Gasteiger partial charge in [-0.25, -0.2) is 4.39 Å². The van der Waals surface area contributed by atoms with E-state index in [1.54, 1.807) is 0 Å². The molecule has 0 amide bonds. The first kappa shape index (κ1) is 15.9. The van der Waals surface area contributed by atoms with Crippen molar-refractivity contribution in [2.45, 2.75) is 19.4 Å². The van der Waals surface area contributed by atoms with Crippen LogP contribution in [0, 0.1) is 0 Å². The number of rotatable bonds is 2. The van der Waals surface area contributed by atoms with E-state index in [1.807, 2.05) is 13.8 Å². The van der Waals surface area contributed by atoms with Gasteiger partial charge in [-0.3, -0.25) is 4.90 Å². The largest absolute Gasteiger partial charge is 0.314 e. The van der Waals surface area contributed by atoms with Crippen LogP contribution in [0.5, 0.6) is 0 Å². The standard InChI is InChI=1S/C8H17FN2.2ClH/c1-8(2,7-9)11-5-3-10-4-6-11;;/h10H,3-7H2,1-2H3;2*1H. The first-order valence-corrected chi connectivity index (χ1v) is 4.18. The summed E-state index contributed by atoms with van der Waals surface area (Å²) in [5, 5.41) is 3.25. The van der Waals surface area contributed by atoms with Gasteiger partial charge in [-0.15, -0.1) is 24.8 Å². The maximum absolute atomic E-state index is 12.5. The van der Waals surface area contributed by atoms with Crippen molar-refractivity contribution in [1.29, 1.82) is 0 Å². The van der Waals surface area contributed by atoms with Crippen LogP contribution in [0.3, 0.4) is 0 Å². The van der Waals surface area contributed by atoms with Crippen LogP contribution in [-0.4, -0.2) is 43.3 Å². The summed E-state index contributed by atoms with van der Waals surface area (Å²) in [6.07, 6.45) is 0. The molecule has 0 aromatic heterocycles. The van der Waals surface area contributed by atoms with Gasteiger partial charge in [0.25, 0.3) is 0 Å². The Morgan fingerprint density at radius 2 is 1.69 bits per heavy atom. The van der Waals surface area contributed by atoms with Crippen molar-refractivity contribution in [2.24, 2.45) is 0 Å². The zero-order valence-electron chi connectivity index (χ0n) is 8.18. The van der Waals surface area contributed by atoms with Crippen LogP contribution in [-0.2, 0) is 0 Å². The van der Waals surface area contributed by atoms with Crippen molar-refractivity contribution in [2.75, 3.05) is 32.9 Å². The van der Waals surface area contributed by atoms with Crippen molar-refractivity contribution in [1.82, 2.24) is 10.2 Å². The number of hydrogen-bond donors (Lipinski definition) is 1. The normalized spacial score (nSPS) is 18.7. The number of nitrogens with one attached hydrogen (secondary N) is 1. The quantitative estimate of drug-likeness (QED) is 0.777. The molecule has 0 unspecified atom stereocenters. The van der Waals surface area contributed by atoms with Gasteiger partial charge in [-0.05, 0) is 13.8 Å². The van der Waals surface area contributed by atoms with Crippen LogP contribution >= 0.6 is 24.8 Å². The maximum atomic E-state index is 12.5. The van der Waals surface area contributed by atoms with Crippen molar-refractivity contribution >= 4 is 24.8 Å². The molecule has 5 heteroatoms. The Kier molecular flexibility index (Phi) is 8.33. The van der Waals surface area contributed by atoms with Crippen LogP contribution in [0.2, 0.25) is 0 Å². The zero-order valence-corrected chi connectivity index (χ0v) is 9.81. The molecule has 1 heterocycles. The Morgan fingerprint density at radius 3 is 2.08 bits per heavy atom. The van der Waals surface area contributed by atoms with E-state index in [1.165, 1.54) is 0 Å². The lowest BCUT2D eigenvalue weighted by molar-refractivity contribution is 0.0793. The molecule has 1 saturated heterocycles. The third-order valence-corrected chi connectivity index (χ3v) is 2.30. The highest BCUT2D eigenvalue weighted by molar-refractivity contribution is 5.85. The number of nitrogens with zero attached hydrogens (tertiary/aromatic N) is 1. The molecule has 0 aromatic carbocycles. The average molecular weight is 233 g/mol. The number of alkyl halides is 1. The summed E-state index contributed by atoms with van der Waals surface area (Å²) in [5.74, 6) is 0. The van der Waals surface area contributed by atoms with E-state index >= 15 is 0 Å². The smallest absolute Gasteiger partial charge is 0.107 e. The lowest BCUT2D eigenvalue weighted by Crippen LogP contribution is -2.54. The molecular weight excluding hydrogens is 214 g/mol.